The summed E-state index contributed by atoms with van der Waals surface area (Å²) in [5.74, 6) is -0.227. The molecule has 4 N–H and O–H groups in total. The number of piperazine rings is 1. The zero-order chi connectivity index (χ0) is 26.3. The highest BCUT2D eigenvalue weighted by Crippen LogP contribution is 2.27. The minimum absolute atomic E-state index is 0.0463. The van der Waals surface area contributed by atoms with Crippen molar-refractivity contribution in [3.05, 3.63) is 60.2 Å². The number of amides is 2. The number of rotatable bonds is 7. The van der Waals surface area contributed by atoms with Crippen LogP contribution in [0.15, 0.2) is 48.9 Å². The lowest BCUT2D eigenvalue weighted by Crippen LogP contribution is -2.46. The first kappa shape index (κ1) is 25.6. The number of aromatic nitrogens is 3. The van der Waals surface area contributed by atoms with Crippen molar-refractivity contribution in [2.24, 2.45) is 0 Å². The largest absolute Gasteiger partial charge is 0.382 e. The fraction of sp³-hybridized carbons (Fsp3) is 0.370. The highest BCUT2D eigenvalue weighted by molar-refractivity contribution is 6.07. The van der Waals surface area contributed by atoms with Crippen LogP contribution >= 0.6 is 0 Å². The molecule has 11 nitrogen and oxygen atoms in total. The number of carbonyl (C=O) groups is 2. The van der Waals surface area contributed by atoms with Gasteiger partial charge < -0.3 is 30.9 Å². The Hall–Kier alpha value is -4.09. The number of hydrogen-bond acceptors (Lipinski definition) is 9. The molecule has 2 saturated heterocycles. The van der Waals surface area contributed by atoms with Crippen LogP contribution in [0.4, 0.5) is 17.2 Å². The van der Waals surface area contributed by atoms with E-state index >= 15 is 0 Å². The average Bonchev–Trinajstić information content (AvgIpc) is 2.97. The lowest BCUT2D eigenvalue weighted by atomic mass is 10.1. The van der Waals surface area contributed by atoms with Crippen molar-refractivity contribution in [1.82, 2.24) is 25.2 Å². The van der Waals surface area contributed by atoms with Crippen molar-refractivity contribution in [1.29, 1.82) is 0 Å². The molecule has 38 heavy (non-hydrogen) atoms. The predicted octanol–water partition coefficient (Wildman–Crippen LogP) is 1.57. The monoisotopic (exact) mass is 516 g/mol. The molecule has 2 fully saturated rings. The van der Waals surface area contributed by atoms with Crippen LogP contribution in [0.1, 0.15) is 22.5 Å². The lowest BCUT2D eigenvalue weighted by Gasteiger charge is -2.30. The molecule has 0 saturated carbocycles. The topological polar surface area (TPSA) is 139 Å². The summed E-state index contributed by atoms with van der Waals surface area (Å²) in [6, 6.07) is 9.66. The van der Waals surface area contributed by atoms with E-state index in [1.165, 1.54) is 0 Å². The van der Waals surface area contributed by atoms with Crippen LogP contribution in [0.3, 0.4) is 0 Å². The van der Waals surface area contributed by atoms with Gasteiger partial charge in [0.2, 0.25) is 5.91 Å². The Morgan fingerprint density at radius 2 is 1.79 bits per heavy atom. The number of nitrogens with two attached hydrogens (primary N) is 1. The number of morpholine rings is 1. The maximum atomic E-state index is 13.2. The molecule has 0 spiro atoms. The van der Waals surface area contributed by atoms with Crippen LogP contribution < -0.4 is 21.3 Å². The number of nitrogens with one attached hydrogen (secondary N) is 2. The fourth-order valence-corrected chi connectivity index (χ4v) is 4.62. The van der Waals surface area contributed by atoms with E-state index in [-0.39, 0.29) is 17.4 Å². The Morgan fingerprint density at radius 1 is 1.03 bits per heavy atom. The lowest BCUT2D eigenvalue weighted by molar-refractivity contribution is -0.131. The summed E-state index contributed by atoms with van der Waals surface area (Å²) in [5, 5.41) is 6.16. The van der Waals surface area contributed by atoms with Gasteiger partial charge >= 0.3 is 0 Å². The van der Waals surface area contributed by atoms with Gasteiger partial charge in [0.25, 0.3) is 5.91 Å². The molecule has 5 rings (SSSR count). The van der Waals surface area contributed by atoms with Gasteiger partial charge in [-0.05, 0) is 18.1 Å². The van der Waals surface area contributed by atoms with E-state index < -0.39 is 5.91 Å². The number of nitrogens with zero attached hydrogens (tertiary/aromatic N) is 5. The second-order valence-electron chi connectivity index (χ2n) is 9.26. The minimum Gasteiger partial charge on any atom is -0.382 e. The molecule has 0 aliphatic carbocycles. The summed E-state index contributed by atoms with van der Waals surface area (Å²) in [4.78, 5) is 42.6. The number of aryl methyl sites for hydroxylation is 1. The van der Waals surface area contributed by atoms with E-state index in [1.54, 1.807) is 18.6 Å². The van der Waals surface area contributed by atoms with Gasteiger partial charge in [0.15, 0.2) is 11.5 Å². The molecule has 11 heteroatoms. The van der Waals surface area contributed by atoms with Gasteiger partial charge in [-0.25, -0.2) is 9.97 Å². The number of ether oxygens (including phenoxy) is 1. The van der Waals surface area contributed by atoms with Crippen LogP contribution in [-0.4, -0.2) is 84.1 Å². The van der Waals surface area contributed by atoms with Gasteiger partial charge in [0.05, 0.1) is 42.7 Å². The minimum atomic E-state index is -0.456. The SMILES string of the molecule is Nc1ncc(-c2ccc(CCC(=O)N3CCNCC3)cc2)nc1C(=O)Nc1cnccc1N1CCOCC1. The fourth-order valence-electron chi connectivity index (χ4n) is 4.62. The highest BCUT2D eigenvalue weighted by Gasteiger charge is 2.20. The van der Waals surface area contributed by atoms with Crippen molar-refractivity contribution >= 4 is 29.0 Å². The average molecular weight is 517 g/mol. The molecule has 0 radical (unpaired) electrons. The van der Waals surface area contributed by atoms with Gasteiger partial charge in [0, 0.05) is 57.4 Å². The van der Waals surface area contributed by atoms with Crippen molar-refractivity contribution in [2.75, 3.05) is 68.4 Å². The van der Waals surface area contributed by atoms with Crippen molar-refractivity contribution in [3.8, 4) is 11.3 Å². The normalized spacial score (nSPS) is 15.8. The molecule has 0 unspecified atom stereocenters. The van der Waals surface area contributed by atoms with E-state index in [2.05, 4.69) is 30.5 Å². The smallest absolute Gasteiger partial charge is 0.278 e. The van der Waals surface area contributed by atoms with E-state index in [1.807, 2.05) is 35.2 Å². The summed E-state index contributed by atoms with van der Waals surface area (Å²) >= 11 is 0. The molecule has 2 aliphatic rings. The molecule has 2 aromatic heterocycles. The van der Waals surface area contributed by atoms with Crippen molar-refractivity contribution in [2.45, 2.75) is 12.8 Å². The molecule has 4 heterocycles. The number of carbonyl (C=O) groups excluding carboxylic acids is 2. The van der Waals surface area contributed by atoms with Crippen molar-refractivity contribution in [3.63, 3.8) is 0 Å². The van der Waals surface area contributed by atoms with E-state index in [4.69, 9.17) is 10.5 Å². The number of nitrogen functional groups attached to an aromatic ring is 1. The van der Waals surface area contributed by atoms with Gasteiger partial charge in [-0.3, -0.25) is 14.6 Å². The van der Waals surface area contributed by atoms with E-state index in [0.717, 1.165) is 56.1 Å². The number of hydrogen-bond donors (Lipinski definition) is 3. The van der Waals surface area contributed by atoms with Crippen LogP contribution in [0.5, 0.6) is 0 Å². The zero-order valence-electron chi connectivity index (χ0n) is 21.2. The third-order valence-electron chi connectivity index (χ3n) is 6.76. The van der Waals surface area contributed by atoms with Crippen LogP contribution in [-0.2, 0) is 16.0 Å². The summed E-state index contributed by atoms with van der Waals surface area (Å²) in [5.41, 5.74) is 9.93. The highest BCUT2D eigenvalue weighted by atomic mass is 16.5. The maximum absolute atomic E-state index is 13.2. The molecular weight excluding hydrogens is 484 g/mol. The Balaban J connectivity index is 1.26. The van der Waals surface area contributed by atoms with E-state index in [9.17, 15) is 9.59 Å². The third-order valence-corrected chi connectivity index (χ3v) is 6.76. The van der Waals surface area contributed by atoms with Crippen LogP contribution in [0, 0.1) is 0 Å². The Labute approximate surface area is 221 Å². The Kier molecular flexibility index (Phi) is 8.05. The molecule has 1 aromatic carbocycles. The van der Waals surface area contributed by atoms with Gasteiger partial charge in [0.1, 0.15) is 0 Å². The summed E-state index contributed by atoms with van der Waals surface area (Å²) in [6.45, 7) is 5.93. The Bertz CT molecular complexity index is 1270. The predicted molar refractivity (Wildman–Crippen MR) is 145 cm³/mol. The van der Waals surface area contributed by atoms with Crippen molar-refractivity contribution < 1.29 is 14.3 Å². The number of pyridine rings is 1. The van der Waals surface area contributed by atoms with Crippen LogP contribution in [0.25, 0.3) is 11.3 Å². The quantitative estimate of drug-likeness (QED) is 0.427. The number of anilines is 3. The van der Waals surface area contributed by atoms with Gasteiger partial charge in [-0.15, -0.1) is 0 Å². The summed E-state index contributed by atoms with van der Waals surface area (Å²) in [6.07, 6.45) is 6.01. The first-order valence-corrected chi connectivity index (χ1v) is 12.9. The van der Waals surface area contributed by atoms with Gasteiger partial charge in [-0.2, -0.15) is 0 Å². The first-order chi connectivity index (χ1) is 18.6. The molecule has 2 aliphatic heterocycles. The zero-order valence-corrected chi connectivity index (χ0v) is 21.2. The standard InChI is InChI=1S/C27H32N8O3/c28-26-25(27(37)33-22-17-30-8-7-23(22)34-13-15-38-16-14-34)32-21(18-31-26)20-4-1-19(2-5-20)3-6-24(36)35-11-9-29-10-12-35/h1-2,4-5,7-8,17-18,29H,3,6,9-16H2,(H2,28,31)(H,33,37). The van der Waals surface area contributed by atoms with Gasteiger partial charge in [-0.1, -0.05) is 24.3 Å². The maximum Gasteiger partial charge on any atom is 0.278 e. The number of benzene rings is 1. The van der Waals surface area contributed by atoms with Crippen LogP contribution in [0.2, 0.25) is 0 Å². The molecule has 3 aromatic rings. The van der Waals surface area contributed by atoms with E-state index in [0.29, 0.717) is 37.4 Å². The molecule has 2 amide bonds. The Morgan fingerprint density at radius 3 is 2.55 bits per heavy atom. The molecular formula is C27H32N8O3. The molecule has 0 atom stereocenters. The first-order valence-electron chi connectivity index (χ1n) is 12.9. The summed E-state index contributed by atoms with van der Waals surface area (Å²) < 4.78 is 5.44. The second kappa shape index (κ2) is 12.0. The molecule has 198 valence electrons. The third kappa shape index (κ3) is 6.06. The molecule has 0 bridgehead atoms. The summed E-state index contributed by atoms with van der Waals surface area (Å²) in [7, 11) is 0. The second-order valence-corrected chi connectivity index (χ2v) is 9.26.